The molecule has 0 radical (unpaired) electrons. The number of fused-ring (bicyclic) bond motifs is 1. The Balaban J connectivity index is 2.30. The lowest BCUT2D eigenvalue weighted by molar-refractivity contribution is 0.709. The molecule has 1 atom stereocenters. The van der Waals surface area contributed by atoms with Crippen LogP contribution in [0.1, 0.15) is 23.9 Å². The van der Waals surface area contributed by atoms with Crippen molar-refractivity contribution in [2.45, 2.75) is 31.6 Å². The van der Waals surface area contributed by atoms with E-state index in [0.29, 0.717) is 0 Å². The average molecular weight is 209 g/mol. The minimum atomic E-state index is 0.181. The quantitative estimate of drug-likeness (QED) is 0.794. The molecule has 0 aliphatic carbocycles. The van der Waals surface area contributed by atoms with Gasteiger partial charge in [-0.05, 0) is 19.1 Å². The predicted octanol–water partition coefficient (Wildman–Crippen LogP) is 1.16. The minimum Gasteiger partial charge on any atom is -0.328 e. The molecule has 0 bridgehead atoms. The third-order valence-electron chi connectivity index (χ3n) is 2.37. The predicted molar refractivity (Wildman–Crippen MR) is 59.3 cm³/mol. The highest BCUT2D eigenvalue weighted by Crippen LogP contribution is 2.25. The third-order valence-corrected chi connectivity index (χ3v) is 3.35. The van der Waals surface area contributed by atoms with Crippen molar-refractivity contribution in [3.05, 3.63) is 23.3 Å². The van der Waals surface area contributed by atoms with E-state index >= 15 is 0 Å². The molecule has 1 aromatic rings. The molecule has 1 unspecified atom stereocenters. The molecule has 4 heteroatoms. The Hall–Kier alpha value is -0.610. The number of nitrogens with two attached hydrogens (primary N) is 1. The van der Waals surface area contributed by atoms with Crippen LogP contribution in [0.15, 0.2) is 6.33 Å². The molecule has 14 heavy (non-hydrogen) atoms. The van der Waals surface area contributed by atoms with Gasteiger partial charge in [-0.1, -0.05) is 0 Å². The molecule has 0 fully saturated rings. The molecule has 0 saturated heterocycles. The van der Waals surface area contributed by atoms with Gasteiger partial charge >= 0.3 is 0 Å². The average Bonchev–Trinajstić information content (AvgIpc) is 2.18. The normalized spacial score (nSPS) is 17.6. The van der Waals surface area contributed by atoms with Crippen molar-refractivity contribution < 1.29 is 0 Å². The fourth-order valence-electron chi connectivity index (χ4n) is 1.70. The molecule has 2 rings (SSSR count). The van der Waals surface area contributed by atoms with E-state index in [-0.39, 0.29) is 6.04 Å². The molecular weight excluding hydrogens is 194 g/mol. The van der Waals surface area contributed by atoms with Gasteiger partial charge < -0.3 is 5.73 Å². The molecule has 0 saturated carbocycles. The summed E-state index contributed by atoms with van der Waals surface area (Å²) in [6, 6.07) is 0.181. The summed E-state index contributed by atoms with van der Waals surface area (Å²) in [6.45, 7) is 2.02. The number of thioether (sulfide) groups is 1. The van der Waals surface area contributed by atoms with Crippen molar-refractivity contribution in [1.82, 2.24) is 9.97 Å². The molecule has 1 aliphatic heterocycles. The summed E-state index contributed by atoms with van der Waals surface area (Å²) < 4.78 is 0. The number of hydrogen-bond acceptors (Lipinski definition) is 4. The lowest BCUT2D eigenvalue weighted by atomic mass is 10.1. The minimum absolute atomic E-state index is 0.181. The van der Waals surface area contributed by atoms with Crippen LogP contribution in [0, 0.1) is 0 Å². The topological polar surface area (TPSA) is 51.8 Å². The van der Waals surface area contributed by atoms with E-state index < -0.39 is 0 Å². The Morgan fingerprint density at radius 3 is 3.21 bits per heavy atom. The zero-order valence-electron chi connectivity index (χ0n) is 8.36. The number of aromatic nitrogens is 2. The van der Waals surface area contributed by atoms with Crippen molar-refractivity contribution in [2.75, 3.05) is 5.75 Å². The first kappa shape index (κ1) is 9.93. The van der Waals surface area contributed by atoms with Gasteiger partial charge in [-0.3, -0.25) is 0 Å². The second-order valence-electron chi connectivity index (χ2n) is 3.73. The van der Waals surface area contributed by atoms with Crippen molar-refractivity contribution >= 4 is 11.8 Å². The maximum Gasteiger partial charge on any atom is 0.115 e. The molecule has 76 valence electrons. The van der Waals surface area contributed by atoms with Crippen molar-refractivity contribution in [1.29, 1.82) is 0 Å². The SMILES string of the molecule is CC(N)Cc1ncnc2c1CSCC2. The van der Waals surface area contributed by atoms with E-state index in [0.717, 1.165) is 24.3 Å². The van der Waals surface area contributed by atoms with Crippen molar-refractivity contribution in [3.63, 3.8) is 0 Å². The summed E-state index contributed by atoms with van der Waals surface area (Å²) in [7, 11) is 0. The van der Waals surface area contributed by atoms with E-state index in [2.05, 4.69) is 9.97 Å². The number of aryl methyl sites for hydroxylation is 1. The van der Waals surface area contributed by atoms with E-state index in [1.54, 1.807) is 6.33 Å². The van der Waals surface area contributed by atoms with Crippen LogP contribution in [0.25, 0.3) is 0 Å². The largest absolute Gasteiger partial charge is 0.328 e. The lowest BCUT2D eigenvalue weighted by Crippen LogP contribution is -2.21. The second kappa shape index (κ2) is 4.28. The van der Waals surface area contributed by atoms with Crippen LogP contribution in [0.5, 0.6) is 0 Å². The molecule has 1 aliphatic rings. The van der Waals surface area contributed by atoms with Gasteiger partial charge in [0.05, 0.1) is 0 Å². The molecule has 0 aromatic carbocycles. The van der Waals surface area contributed by atoms with Gasteiger partial charge in [-0.15, -0.1) is 0 Å². The highest BCUT2D eigenvalue weighted by atomic mass is 32.2. The van der Waals surface area contributed by atoms with Gasteiger partial charge in [-0.25, -0.2) is 9.97 Å². The molecular formula is C10H15N3S. The van der Waals surface area contributed by atoms with E-state index in [1.807, 2.05) is 18.7 Å². The van der Waals surface area contributed by atoms with Gasteiger partial charge in [0.25, 0.3) is 0 Å². The lowest BCUT2D eigenvalue weighted by Gasteiger charge is -2.17. The summed E-state index contributed by atoms with van der Waals surface area (Å²) in [6.07, 6.45) is 3.62. The second-order valence-corrected chi connectivity index (χ2v) is 4.83. The van der Waals surface area contributed by atoms with Crippen molar-refractivity contribution in [2.24, 2.45) is 5.73 Å². The summed E-state index contributed by atoms with van der Waals surface area (Å²) in [5, 5.41) is 0. The fraction of sp³-hybridized carbons (Fsp3) is 0.600. The Morgan fingerprint density at radius 1 is 1.57 bits per heavy atom. The van der Waals surface area contributed by atoms with E-state index in [4.69, 9.17) is 5.73 Å². The monoisotopic (exact) mass is 209 g/mol. The highest BCUT2D eigenvalue weighted by Gasteiger charge is 2.15. The third kappa shape index (κ3) is 2.07. The Bertz CT molecular complexity index is 325. The zero-order valence-corrected chi connectivity index (χ0v) is 9.18. The van der Waals surface area contributed by atoms with E-state index in [1.165, 1.54) is 17.0 Å². The van der Waals surface area contributed by atoms with E-state index in [9.17, 15) is 0 Å². The number of nitrogens with zero attached hydrogens (tertiary/aromatic N) is 2. The summed E-state index contributed by atoms with van der Waals surface area (Å²) in [5.74, 6) is 2.24. The smallest absolute Gasteiger partial charge is 0.115 e. The van der Waals surface area contributed by atoms with Gasteiger partial charge in [-0.2, -0.15) is 11.8 Å². The molecule has 0 amide bonds. The fourth-order valence-corrected chi connectivity index (χ4v) is 2.72. The zero-order chi connectivity index (χ0) is 9.97. The Labute approximate surface area is 88.5 Å². The van der Waals surface area contributed by atoms with Gasteiger partial charge in [0.1, 0.15) is 6.33 Å². The first-order valence-corrected chi connectivity index (χ1v) is 6.08. The van der Waals surface area contributed by atoms with Crippen LogP contribution in [-0.4, -0.2) is 21.8 Å². The molecule has 3 nitrogen and oxygen atoms in total. The Morgan fingerprint density at radius 2 is 2.43 bits per heavy atom. The number of hydrogen-bond donors (Lipinski definition) is 1. The summed E-state index contributed by atoms with van der Waals surface area (Å²) in [5.41, 5.74) is 9.51. The highest BCUT2D eigenvalue weighted by molar-refractivity contribution is 7.98. The summed E-state index contributed by atoms with van der Waals surface area (Å²) in [4.78, 5) is 8.65. The van der Waals surface area contributed by atoms with Crippen molar-refractivity contribution in [3.8, 4) is 0 Å². The van der Waals surface area contributed by atoms with Crippen LogP contribution in [0.3, 0.4) is 0 Å². The molecule has 1 aromatic heterocycles. The van der Waals surface area contributed by atoms with Gasteiger partial charge in [0.2, 0.25) is 0 Å². The van der Waals surface area contributed by atoms with Gasteiger partial charge in [0, 0.05) is 35.2 Å². The molecule has 2 heterocycles. The maximum absolute atomic E-state index is 5.79. The van der Waals surface area contributed by atoms with Gasteiger partial charge in [0.15, 0.2) is 0 Å². The van der Waals surface area contributed by atoms with Crippen LogP contribution in [0.2, 0.25) is 0 Å². The molecule has 0 spiro atoms. The van der Waals surface area contributed by atoms with Crippen LogP contribution in [-0.2, 0) is 18.6 Å². The first-order chi connectivity index (χ1) is 6.77. The summed E-state index contributed by atoms with van der Waals surface area (Å²) >= 11 is 1.96. The van der Waals surface area contributed by atoms with Crippen LogP contribution < -0.4 is 5.73 Å². The maximum atomic E-state index is 5.79. The van der Waals surface area contributed by atoms with Crippen LogP contribution in [0.4, 0.5) is 0 Å². The molecule has 2 N–H and O–H groups in total. The number of rotatable bonds is 2. The first-order valence-electron chi connectivity index (χ1n) is 4.92. The van der Waals surface area contributed by atoms with Crippen LogP contribution >= 0.6 is 11.8 Å². The standard InChI is InChI=1S/C10H15N3S/c1-7(11)4-10-8-5-14-3-2-9(8)12-6-13-10/h6-7H,2-5,11H2,1H3. The Kier molecular flexibility index (Phi) is 3.03.